The molecule has 1 amide bonds. The van der Waals surface area contributed by atoms with Gasteiger partial charge in [0.1, 0.15) is 5.69 Å². The van der Waals surface area contributed by atoms with Gasteiger partial charge in [-0.05, 0) is 48.3 Å². The van der Waals surface area contributed by atoms with Crippen LogP contribution in [0.25, 0.3) is 0 Å². The lowest BCUT2D eigenvalue weighted by molar-refractivity contribution is 0.0921. The van der Waals surface area contributed by atoms with Crippen molar-refractivity contribution in [1.82, 2.24) is 15.2 Å². The van der Waals surface area contributed by atoms with Crippen LogP contribution < -0.4 is 10.6 Å². The normalized spacial score (nSPS) is 20.2. The number of carbonyl (C=O) groups is 1. The molecule has 0 bridgehead atoms. The molecule has 2 rings (SSSR count). The van der Waals surface area contributed by atoms with Crippen LogP contribution in [0.4, 0.5) is 0 Å². The minimum Gasteiger partial charge on any atom is -0.347 e. The van der Waals surface area contributed by atoms with Crippen LogP contribution >= 0.6 is 15.9 Å². The van der Waals surface area contributed by atoms with E-state index in [9.17, 15) is 4.79 Å². The lowest BCUT2D eigenvalue weighted by Gasteiger charge is -2.23. The van der Waals surface area contributed by atoms with Gasteiger partial charge in [-0.3, -0.25) is 4.79 Å². The second-order valence-electron chi connectivity index (χ2n) is 4.35. The molecule has 1 aliphatic heterocycles. The molecule has 1 atom stereocenters. The van der Waals surface area contributed by atoms with Crippen LogP contribution in [0.3, 0.4) is 0 Å². The maximum Gasteiger partial charge on any atom is 0.268 e. The zero-order chi connectivity index (χ0) is 12.3. The summed E-state index contributed by atoms with van der Waals surface area (Å²) in [6.07, 6.45) is 4.13. The standard InChI is InChI=1S/C12H18BrN3O/c1-2-16-8-9(13)6-11(16)12(17)15-10-4-3-5-14-7-10/h6,8,10,14H,2-5,7H2,1H3,(H,15,17)/t10-/m1/s1. The van der Waals surface area contributed by atoms with Crippen molar-refractivity contribution in [3.05, 3.63) is 22.4 Å². The first kappa shape index (κ1) is 12.6. The summed E-state index contributed by atoms with van der Waals surface area (Å²) in [4.78, 5) is 12.1. The van der Waals surface area contributed by atoms with E-state index in [1.165, 1.54) is 0 Å². The largest absolute Gasteiger partial charge is 0.347 e. The molecule has 94 valence electrons. The summed E-state index contributed by atoms with van der Waals surface area (Å²) >= 11 is 3.40. The topological polar surface area (TPSA) is 46.1 Å². The molecule has 1 saturated heterocycles. The van der Waals surface area contributed by atoms with Crippen LogP contribution in [0.1, 0.15) is 30.3 Å². The van der Waals surface area contributed by atoms with E-state index in [1.807, 2.05) is 23.8 Å². The molecule has 1 fully saturated rings. The summed E-state index contributed by atoms with van der Waals surface area (Å²) in [5.41, 5.74) is 0.727. The van der Waals surface area contributed by atoms with Crippen molar-refractivity contribution < 1.29 is 4.79 Å². The number of nitrogens with zero attached hydrogens (tertiary/aromatic N) is 1. The van der Waals surface area contributed by atoms with Crippen molar-refractivity contribution in [3.63, 3.8) is 0 Å². The number of rotatable bonds is 3. The van der Waals surface area contributed by atoms with Crippen molar-refractivity contribution in [3.8, 4) is 0 Å². The highest BCUT2D eigenvalue weighted by atomic mass is 79.9. The molecule has 17 heavy (non-hydrogen) atoms. The highest BCUT2D eigenvalue weighted by Crippen LogP contribution is 2.15. The lowest BCUT2D eigenvalue weighted by Crippen LogP contribution is -2.46. The number of nitrogens with one attached hydrogen (secondary N) is 2. The van der Waals surface area contributed by atoms with Crippen LogP contribution in [0, 0.1) is 0 Å². The van der Waals surface area contributed by atoms with Gasteiger partial charge in [0, 0.05) is 29.8 Å². The first-order valence-corrected chi connectivity index (χ1v) is 6.87. The Hall–Kier alpha value is -0.810. The van der Waals surface area contributed by atoms with Gasteiger partial charge in [-0.25, -0.2) is 0 Å². The van der Waals surface area contributed by atoms with E-state index < -0.39 is 0 Å². The molecule has 0 spiro atoms. The molecule has 2 N–H and O–H groups in total. The molecule has 0 unspecified atom stereocenters. The third-order valence-corrected chi connectivity index (χ3v) is 3.50. The Kier molecular flexibility index (Phi) is 4.23. The number of aryl methyl sites for hydroxylation is 1. The maximum absolute atomic E-state index is 12.1. The number of aromatic nitrogens is 1. The quantitative estimate of drug-likeness (QED) is 0.893. The fourth-order valence-electron chi connectivity index (χ4n) is 2.16. The first-order valence-electron chi connectivity index (χ1n) is 6.08. The predicted molar refractivity (Wildman–Crippen MR) is 71.2 cm³/mol. The SMILES string of the molecule is CCn1cc(Br)cc1C(=O)N[C@@H]1CCCNC1. The molecule has 2 heterocycles. The van der Waals surface area contributed by atoms with E-state index in [0.29, 0.717) is 0 Å². The van der Waals surface area contributed by atoms with Crippen molar-refractivity contribution in [2.75, 3.05) is 13.1 Å². The number of hydrogen-bond acceptors (Lipinski definition) is 2. The van der Waals surface area contributed by atoms with Gasteiger partial charge < -0.3 is 15.2 Å². The molecule has 1 aromatic rings. The van der Waals surface area contributed by atoms with Crippen LogP contribution in [0.5, 0.6) is 0 Å². The van der Waals surface area contributed by atoms with E-state index >= 15 is 0 Å². The van der Waals surface area contributed by atoms with E-state index in [1.54, 1.807) is 0 Å². The lowest BCUT2D eigenvalue weighted by atomic mass is 10.1. The van der Waals surface area contributed by atoms with Crippen molar-refractivity contribution in [2.45, 2.75) is 32.4 Å². The minimum absolute atomic E-state index is 0.0197. The number of piperidine rings is 1. The highest BCUT2D eigenvalue weighted by Gasteiger charge is 2.18. The monoisotopic (exact) mass is 299 g/mol. The molecule has 5 heteroatoms. The van der Waals surface area contributed by atoms with Gasteiger partial charge in [-0.15, -0.1) is 0 Å². The molecule has 0 aromatic carbocycles. The molecular formula is C12H18BrN3O. The molecule has 1 aliphatic rings. The van der Waals surface area contributed by atoms with Gasteiger partial charge in [0.2, 0.25) is 0 Å². The molecular weight excluding hydrogens is 282 g/mol. The maximum atomic E-state index is 12.1. The Balaban J connectivity index is 2.02. The highest BCUT2D eigenvalue weighted by molar-refractivity contribution is 9.10. The Morgan fingerprint density at radius 1 is 1.71 bits per heavy atom. The Morgan fingerprint density at radius 3 is 3.18 bits per heavy atom. The van der Waals surface area contributed by atoms with Crippen molar-refractivity contribution in [2.24, 2.45) is 0 Å². The summed E-state index contributed by atoms with van der Waals surface area (Å²) in [6, 6.07) is 2.13. The summed E-state index contributed by atoms with van der Waals surface area (Å²) in [7, 11) is 0. The summed E-state index contributed by atoms with van der Waals surface area (Å²) < 4.78 is 2.90. The fraction of sp³-hybridized carbons (Fsp3) is 0.583. The fourth-order valence-corrected chi connectivity index (χ4v) is 2.63. The van der Waals surface area contributed by atoms with Crippen LogP contribution in [0.15, 0.2) is 16.7 Å². The average molecular weight is 300 g/mol. The van der Waals surface area contributed by atoms with Crippen LogP contribution in [-0.4, -0.2) is 29.6 Å². The number of halogens is 1. The van der Waals surface area contributed by atoms with Crippen LogP contribution in [0.2, 0.25) is 0 Å². The third kappa shape index (κ3) is 3.10. The van der Waals surface area contributed by atoms with E-state index in [-0.39, 0.29) is 11.9 Å². The Morgan fingerprint density at radius 2 is 2.53 bits per heavy atom. The van der Waals surface area contributed by atoms with Gasteiger partial charge in [-0.1, -0.05) is 0 Å². The van der Waals surface area contributed by atoms with Gasteiger partial charge in [0.05, 0.1) is 0 Å². The van der Waals surface area contributed by atoms with Gasteiger partial charge in [0.25, 0.3) is 5.91 Å². The van der Waals surface area contributed by atoms with Crippen LogP contribution in [-0.2, 0) is 6.54 Å². The van der Waals surface area contributed by atoms with Gasteiger partial charge in [-0.2, -0.15) is 0 Å². The van der Waals surface area contributed by atoms with E-state index in [4.69, 9.17) is 0 Å². The molecule has 4 nitrogen and oxygen atoms in total. The van der Waals surface area contributed by atoms with Gasteiger partial charge in [0.15, 0.2) is 0 Å². The third-order valence-electron chi connectivity index (χ3n) is 3.07. The molecule has 0 aliphatic carbocycles. The number of amides is 1. The van der Waals surface area contributed by atoms with E-state index in [2.05, 4.69) is 26.6 Å². The molecule has 0 saturated carbocycles. The summed E-state index contributed by atoms with van der Waals surface area (Å²) in [5.74, 6) is 0.0197. The first-order chi connectivity index (χ1) is 8.20. The van der Waals surface area contributed by atoms with Gasteiger partial charge >= 0.3 is 0 Å². The second kappa shape index (κ2) is 5.69. The molecule has 1 aromatic heterocycles. The predicted octanol–water partition coefficient (Wildman–Crippen LogP) is 1.75. The average Bonchev–Trinajstić information content (AvgIpc) is 2.72. The smallest absolute Gasteiger partial charge is 0.268 e. The zero-order valence-electron chi connectivity index (χ0n) is 10.0. The summed E-state index contributed by atoms with van der Waals surface area (Å²) in [5, 5.41) is 6.37. The number of hydrogen-bond donors (Lipinski definition) is 2. The zero-order valence-corrected chi connectivity index (χ0v) is 11.6. The van der Waals surface area contributed by atoms with Crippen molar-refractivity contribution >= 4 is 21.8 Å². The number of carbonyl (C=O) groups excluding carboxylic acids is 1. The Bertz CT molecular complexity index is 396. The molecule has 0 radical (unpaired) electrons. The van der Waals surface area contributed by atoms with Crippen molar-refractivity contribution in [1.29, 1.82) is 0 Å². The Labute approximate surface area is 110 Å². The minimum atomic E-state index is 0.0197. The second-order valence-corrected chi connectivity index (χ2v) is 5.26. The van der Waals surface area contributed by atoms with E-state index in [0.717, 1.165) is 42.6 Å². The summed E-state index contributed by atoms with van der Waals surface area (Å²) in [6.45, 7) is 4.77.